The van der Waals surface area contributed by atoms with Gasteiger partial charge in [0.1, 0.15) is 0 Å². The SMILES string of the molecule is CC(C)(C)C(NC(=O)C(C)(C)C(C)(C)N)c1ccccc1. The molecule has 3 N–H and O–H groups in total. The van der Waals surface area contributed by atoms with Crippen molar-refractivity contribution in [2.24, 2.45) is 16.6 Å². The van der Waals surface area contributed by atoms with E-state index in [0.717, 1.165) is 5.56 Å². The highest BCUT2D eigenvalue weighted by Gasteiger charge is 2.42. The largest absolute Gasteiger partial charge is 0.348 e. The molecule has 0 saturated carbocycles. The van der Waals surface area contributed by atoms with Gasteiger partial charge in [0.15, 0.2) is 0 Å². The molecule has 0 spiro atoms. The lowest BCUT2D eigenvalue weighted by Crippen LogP contribution is -2.56. The summed E-state index contributed by atoms with van der Waals surface area (Å²) in [4.78, 5) is 12.8. The van der Waals surface area contributed by atoms with E-state index in [-0.39, 0.29) is 17.4 Å². The van der Waals surface area contributed by atoms with Crippen LogP contribution < -0.4 is 11.1 Å². The highest BCUT2D eigenvalue weighted by Crippen LogP contribution is 2.35. The van der Waals surface area contributed by atoms with Gasteiger partial charge in [0.2, 0.25) is 5.91 Å². The Kier molecular flexibility index (Phi) is 4.89. The molecule has 0 aliphatic rings. The van der Waals surface area contributed by atoms with E-state index in [9.17, 15) is 4.79 Å². The number of hydrogen-bond acceptors (Lipinski definition) is 2. The van der Waals surface area contributed by atoms with Crippen LogP contribution in [-0.2, 0) is 4.79 Å². The highest BCUT2D eigenvalue weighted by molar-refractivity contribution is 5.83. The molecule has 1 aromatic carbocycles. The number of amides is 1. The van der Waals surface area contributed by atoms with Gasteiger partial charge in [-0.05, 0) is 38.7 Å². The van der Waals surface area contributed by atoms with Gasteiger partial charge in [-0.15, -0.1) is 0 Å². The minimum atomic E-state index is -0.648. The molecule has 21 heavy (non-hydrogen) atoms. The third kappa shape index (κ3) is 4.07. The smallest absolute Gasteiger partial charge is 0.227 e. The van der Waals surface area contributed by atoms with Gasteiger partial charge in [-0.2, -0.15) is 0 Å². The van der Waals surface area contributed by atoms with Crippen LogP contribution in [-0.4, -0.2) is 11.4 Å². The van der Waals surface area contributed by atoms with E-state index in [1.165, 1.54) is 0 Å². The summed E-state index contributed by atoms with van der Waals surface area (Å²) in [6.45, 7) is 14.0. The molecular weight excluding hydrogens is 260 g/mol. The van der Waals surface area contributed by atoms with Gasteiger partial charge in [0.25, 0.3) is 0 Å². The second-order valence-electron chi connectivity index (χ2n) is 8.03. The van der Waals surface area contributed by atoms with Crippen molar-refractivity contribution in [2.45, 2.75) is 60.0 Å². The summed E-state index contributed by atoms with van der Waals surface area (Å²) in [6.07, 6.45) is 0. The van der Waals surface area contributed by atoms with Crippen molar-refractivity contribution in [3.63, 3.8) is 0 Å². The Morgan fingerprint density at radius 1 is 1.00 bits per heavy atom. The van der Waals surface area contributed by atoms with Crippen LogP contribution in [0.15, 0.2) is 30.3 Å². The molecule has 0 aromatic heterocycles. The van der Waals surface area contributed by atoms with Gasteiger partial charge in [0.05, 0.1) is 11.5 Å². The third-order valence-corrected chi connectivity index (χ3v) is 4.45. The van der Waals surface area contributed by atoms with Crippen LogP contribution in [0.3, 0.4) is 0 Å². The Labute approximate surface area is 129 Å². The fourth-order valence-corrected chi connectivity index (χ4v) is 2.05. The molecule has 1 atom stereocenters. The van der Waals surface area contributed by atoms with Gasteiger partial charge in [-0.3, -0.25) is 4.79 Å². The van der Waals surface area contributed by atoms with Crippen LogP contribution in [0.2, 0.25) is 0 Å². The fraction of sp³-hybridized carbons (Fsp3) is 0.611. The van der Waals surface area contributed by atoms with E-state index in [1.807, 2.05) is 45.9 Å². The third-order valence-electron chi connectivity index (χ3n) is 4.45. The summed E-state index contributed by atoms with van der Waals surface area (Å²) in [5, 5.41) is 3.20. The van der Waals surface area contributed by atoms with Crippen molar-refractivity contribution in [1.82, 2.24) is 5.32 Å². The lowest BCUT2D eigenvalue weighted by molar-refractivity contribution is -0.133. The van der Waals surface area contributed by atoms with Crippen LogP contribution in [0.1, 0.15) is 60.1 Å². The summed E-state index contributed by atoms with van der Waals surface area (Å²) < 4.78 is 0. The van der Waals surface area contributed by atoms with Crippen molar-refractivity contribution in [1.29, 1.82) is 0 Å². The summed E-state index contributed by atoms with van der Waals surface area (Å²) >= 11 is 0. The summed E-state index contributed by atoms with van der Waals surface area (Å²) in [6, 6.07) is 10.0. The molecule has 1 aromatic rings. The van der Waals surface area contributed by atoms with Crippen molar-refractivity contribution < 1.29 is 4.79 Å². The number of carbonyl (C=O) groups is 1. The van der Waals surface area contributed by atoms with E-state index in [4.69, 9.17) is 5.73 Å². The first-order valence-electron chi connectivity index (χ1n) is 7.52. The van der Waals surface area contributed by atoms with E-state index in [1.54, 1.807) is 0 Å². The van der Waals surface area contributed by atoms with Crippen molar-refractivity contribution in [3.05, 3.63) is 35.9 Å². The molecule has 0 bridgehead atoms. The minimum Gasteiger partial charge on any atom is -0.348 e. The molecule has 118 valence electrons. The lowest BCUT2D eigenvalue weighted by atomic mass is 9.73. The zero-order chi connectivity index (χ0) is 16.5. The van der Waals surface area contributed by atoms with Crippen molar-refractivity contribution >= 4 is 5.91 Å². The predicted octanol–water partition coefficient (Wildman–Crippen LogP) is 3.65. The Bertz CT molecular complexity index is 478. The van der Waals surface area contributed by atoms with E-state index < -0.39 is 11.0 Å². The molecule has 0 heterocycles. The molecule has 0 aliphatic carbocycles. The van der Waals surface area contributed by atoms with Gasteiger partial charge in [-0.1, -0.05) is 51.1 Å². The first-order valence-corrected chi connectivity index (χ1v) is 7.52. The van der Waals surface area contributed by atoms with Crippen LogP contribution >= 0.6 is 0 Å². The molecule has 0 saturated heterocycles. The van der Waals surface area contributed by atoms with Crippen molar-refractivity contribution in [3.8, 4) is 0 Å². The first-order chi connectivity index (χ1) is 9.37. The normalized spacial score (nSPS) is 14.7. The number of nitrogens with two attached hydrogens (primary N) is 1. The maximum Gasteiger partial charge on any atom is 0.227 e. The molecule has 1 unspecified atom stereocenters. The van der Waals surface area contributed by atoms with Crippen LogP contribution in [0.5, 0.6) is 0 Å². The molecule has 1 amide bonds. The zero-order valence-electron chi connectivity index (χ0n) is 14.4. The number of nitrogens with one attached hydrogen (secondary N) is 1. The molecule has 0 radical (unpaired) electrons. The van der Waals surface area contributed by atoms with Gasteiger partial charge in [-0.25, -0.2) is 0 Å². The topological polar surface area (TPSA) is 55.1 Å². The Hall–Kier alpha value is -1.35. The zero-order valence-corrected chi connectivity index (χ0v) is 14.4. The standard InChI is InChI=1S/C18H30N2O/c1-16(2,3)14(13-11-9-8-10-12-13)20-15(21)17(4,5)18(6,7)19/h8-12,14H,19H2,1-7H3,(H,20,21). The van der Waals surface area contributed by atoms with Crippen molar-refractivity contribution in [2.75, 3.05) is 0 Å². The number of benzene rings is 1. The highest BCUT2D eigenvalue weighted by atomic mass is 16.2. The summed E-state index contributed by atoms with van der Waals surface area (Å²) in [5.41, 5.74) is 5.98. The quantitative estimate of drug-likeness (QED) is 0.889. The summed E-state index contributed by atoms with van der Waals surface area (Å²) in [5.74, 6) is -0.0150. The first kappa shape index (κ1) is 17.7. The number of hydrogen-bond donors (Lipinski definition) is 2. The number of rotatable bonds is 4. The average molecular weight is 290 g/mol. The van der Waals surface area contributed by atoms with E-state index >= 15 is 0 Å². The van der Waals surface area contributed by atoms with Crippen LogP contribution in [0.25, 0.3) is 0 Å². The second-order valence-corrected chi connectivity index (χ2v) is 8.03. The van der Waals surface area contributed by atoms with Gasteiger partial charge in [0, 0.05) is 5.54 Å². The maximum atomic E-state index is 12.8. The summed E-state index contributed by atoms with van der Waals surface area (Å²) in [7, 11) is 0. The Morgan fingerprint density at radius 2 is 1.48 bits per heavy atom. The monoisotopic (exact) mass is 290 g/mol. The number of carbonyl (C=O) groups excluding carboxylic acids is 1. The maximum absolute atomic E-state index is 12.8. The molecule has 1 rings (SSSR count). The Morgan fingerprint density at radius 3 is 1.86 bits per heavy atom. The Balaban J connectivity index is 3.08. The second kappa shape index (κ2) is 5.80. The molecule has 0 fully saturated rings. The van der Waals surface area contributed by atoms with Gasteiger partial charge >= 0.3 is 0 Å². The molecule has 3 nitrogen and oxygen atoms in total. The predicted molar refractivity (Wildman–Crippen MR) is 88.8 cm³/mol. The van der Waals surface area contributed by atoms with Gasteiger partial charge < -0.3 is 11.1 Å². The van der Waals surface area contributed by atoms with E-state index in [0.29, 0.717) is 0 Å². The molecular formula is C18H30N2O. The van der Waals surface area contributed by atoms with E-state index in [2.05, 4.69) is 38.2 Å². The van der Waals surface area contributed by atoms with Crippen LogP contribution in [0, 0.1) is 10.8 Å². The minimum absolute atomic E-state index is 0.0150. The molecule has 0 aliphatic heterocycles. The molecule has 3 heteroatoms. The fourth-order valence-electron chi connectivity index (χ4n) is 2.05. The lowest BCUT2D eigenvalue weighted by Gasteiger charge is -2.40. The van der Waals surface area contributed by atoms with Crippen LogP contribution in [0.4, 0.5) is 0 Å². The average Bonchev–Trinajstić information content (AvgIpc) is 2.33.